The summed E-state index contributed by atoms with van der Waals surface area (Å²) in [7, 11) is 4.04. The second-order valence-corrected chi connectivity index (χ2v) is 11.1. The molecule has 5 nitrogen and oxygen atoms in total. The molecule has 2 heterocycles. The third-order valence-corrected chi connectivity index (χ3v) is 8.65. The van der Waals surface area contributed by atoms with Gasteiger partial charge in [-0.05, 0) is 76.6 Å². The van der Waals surface area contributed by atoms with Gasteiger partial charge in [0.1, 0.15) is 0 Å². The summed E-state index contributed by atoms with van der Waals surface area (Å²) in [5.74, 6) is 0.746. The van der Waals surface area contributed by atoms with E-state index in [0.717, 1.165) is 45.1 Å². The monoisotopic (exact) mass is 451 g/mol. The zero-order valence-corrected chi connectivity index (χ0v) is 20.8. The van der Waals surface area contributed by atoms with Crippen molar-refractivity contribution in [3.05, 3.63) is 35.5 Å². The van der Waals surface area contributed by atoms with Crippen LogP contribution in [0.4, 0.5) is 0 Å². The fourth-order valence-electron chi connectivity index (χ4n) is 6.83. The smallest absolute Gasteiger partial charge is 0.224 e. The van der Waals surface area contributed by atoms with Gasteiger partial charge in [-0.3, -0.25) is 4.79 Å². The number of amides is 1. The number of ether oxygens (including phenoxy) is 1. The number of hydrogen-bond donors (Lipinski definition) is 1. The summed E-state index contributed by atoms with van der Waals surface area (Å²) >= 11 is 0. The van der Waals surface area contributed by atoms with E-state index in [1.165, 1.54) is 34.9 Å². The number of likely N-dealkylation sites (tertiary alicyclic amines) is 1. The van der Waals surface area contributed by atoms with Crippen molar-refractivity contribution in [2.45, 2.75) is 95.4 Å². The molecular formula is C28H41N3O2. The zero-order chi connectivity index (χ0) is 23.1. The van der Waals surface area contributed by atoms with E-state index < -0.39 is 0 Å². The number of likely N-dealkylation sites (N-methyl/N-ethyl adjacent to an activating group) is 1. The third kappa shape index (κ3) is 4.35. The minimum atomic E-state index is 0.0592. The normalized spacial score (nSPS) is 30.6. The number of hydrogen-bond acceptors (Lipinski definition) is 3. The second-order valence-electron chi connectivity index (χ2n) is 11.1. The van der Waals surface area contributed by atoms with E-state index in [1.54, 1.807) is 0 Å². The summed E-state index contributed by atoms with van der Waals surface area (Å²) in [5.41, 5.74) is 4.29. The number of fused-ring (bicyclic) bond motifs is 2. The summed E-state index contributed by atoms with van der Waals surface area (Å²) in [6.07, 6.45) is 11.5. The lowest BCUT2D eigenvalue weighted by Crippen LogP contribution is -2.52. The van der Waals surface area contributed by atoms with Crippen LogP contribution in [0.5, 0.6) is 0 Å². The molecule has 1 aromatic carbocycles. The Morgan fingerprint density at radius 1 is 1.15 bits per heavy atom. The molecule has 1 amide bonds. The van der Waals surface area contributed by atoms with Gasteiger partial charge in [-0.1, -0.05) is 25.0 Å². The summed E-state index contributed by atoms with van der Waals surface area (Å²) in [6.45, 7) is 5.38. The predicted octanol–water partition coefficient (Wildman–Crippen LogP) is 5.04. The highest BCUT2D eigenvalue weighted by Gasteiger charge is 2.42. The molecule has 5 atom stereocenters. The first kappa shape index (κ1) is 22.9. The molecule has 1 aromatic heterocycles. The van der Waals surface area contributed by atoms with Crippen LogP contribution in [0, 0.1) is 5.92 Å². The number of carbonyl (C=O) groups is 1. The molecule has 2 aliphatic carbocycles. The Morgan fingerprint density at radius 2 is 1.97 bits per heavy atom. The first-order chi connectivity index (χ1) is 16.0. The highest BCUT2D eigenvalue weighted by atomic mass is 16.5. The average molecular weight is 452 g/mol. The van der Waals surface area contributed by atoms with Crippen molar-refractivity contribution in [2.24, 2.45) is 5.92 Å². The molecule has 0 bridgehead atoms. The molecule has 5 rings (SSSR count). The van der Waals surface area contributed by atoms with Crippen LogP contribution in [0.25, 0.3) is 10.9 Å². The second kappa shape index (κ2) is 9.42. The van der Waals surface area contributed by atoms with E-state index in [2.05, 4.69) is 60.1 Å². The first-order valence-corrected chi connectivity index (χ1v) is 13.1. The minimum absolute atomic E-state index is 0.0592. The van der Waals surface area contributed by atoms with Gasteiger partial charge < -0.3 is 19.5 Å². The fraction of sp³-hybridized carbons (Fsp3) is 0.679. The van der Waals surface area contributed by atoms with Gasteiger partial charge in [-0.25, -0.2) is 0 Å². The number of rotatable bonds is 4. The number of nitrogens with one attached hydrogen (secondary N) is 1. The molecule has 2 aromatic rings. The van der Waals surface area contributed by atoms with Crippen molar-refractivity contribution in [3.8, 4) is 0 Å². The van der Waals surface area contributed by atoms with Gasteiger partial charge in [0.15, 0.2) is 0 Å². The molecule has 3 aliphatic rings. The standard InChI is InChI=1S/C28H41N3O2/c1-18(2)31-17-19-15-26-24(23-10-7-11-25(31)27(19)23)14-20(16-30(26)3)28(32)29-21-8-5-6-9-22(33-4)13-12-21/h7,10-11,17-18,20-22,24,26H,5-6,8-9,12-16H2,1-4H3,(H,29,32)/t20-,21+,22+,24-,26-/m1/s1. The molecule has 33 heavy (non-hydrogen) atoms. The lowest BCUT2D eigenvalue weighted by Gasteiger charge is -2.45. The van der Waals surface area contributed by atoms with Crippen LogP contribution in [0.15, 0.2) is 24.4 Å². The molecule has 0 radical (unpaired) electrons. The van der Waals surface area contributed by atoms with Crippen molar-refractivity contribution in [3.63, 3.8) is 0 Å². The molecule has 1 aliphatic heterocycles. The van der Waals surface area contributed by atoms with Crippen LogP contribution in [0.3, 0.4) is 0 Å². The Labute approximate surface area is 198 Å². The molecule has 2 fully saturated rings. The zero-order valence-electron chi connectivity index (χ0n) is 20.8. The van der Waals surface area contributed by atoms with E-state index >= 15 is 0 Å². The lowest BCUT2D eigenvalue weighted by molar-refractivity contribution is -0.128. The molecule has 1 N–H and O–H groups in total. The number of nitrogens with zero attached hydrogens (tertiary/aromatic N) is 2. The minimum Gasteiger partial charge on any atom is -0.381 e. The number of aromatic nitrogens is 1. The largest absolute Gasteiger partial charge is 0.381 e. The van der Waals surface area contributed by atoms with Gasteiger partial charge in [0.05, 0.1) is 12.0 Å². The maximum absolute atomic E-state index is 13.4. The number of carbonyl (C=O) groups excluding carboxylic acids is 1. The van der Waals surface area contributed by atoms with E-state index in [0.29, 0.717) is 30.1 Å². The van der Waals surface area contributed by atoms with Crippen molar-refractivity contribution < 1.29 is 9.53 Å². The van der Waals surface area contributed by atoms with Crippen LogP contribution in [-0.4, -0.2) is 54.3 Å². The van der Waals surface area contributed by atoms with Crippen LogP contribution in [0.2, 0.25) is 0 Å². The Morgan fingerprint density at radius 3 is 2.76 bits per heavy atom. The fourth-order valence-corrected chi connectivity index (χ4v) is 6.83. The summed E-state index contributed by atoms with van der Waals surface area (Å²) in [4.78, 5) is 15.9. The molecule has 180 valence electrons. The quantitative estimate of drug-likeness (QED) is 0.709. The highest BCUT2D eigenvalue weighted by Crippen LogP contribution is 2.45. The van der Waals surface area contributed by atoms with Crippen molar-refractivity contribution in [1.82, 2.24) is 14.8 Å². The Balaban J connectivity index is 1.34. The lowest BCUT2D eigenvalue weighted by atomic mass is 9.72. The van der Waals surface area contributed by atoms with Crippen LogP contribution in [0.1, 0.15) is 81.9 Å². The number of piperidine rings is 1. The van der Waals surface area contributed by atoms with Gasteiger partial charge in [-0.2, -0.15) is 0 Å². The highest BCUT2D eigenvalue weighted by molar-refractivity contribution is 5.89. The molecule has 1 saturated heterocycles. The first-order valence-electron chi connectivity index (χ1n) is 13.1. The summed E-state index contributed by atoms with van der Waals surface area (Å²) in [6, 6.07) is 8.03. The maximum atomic E-state index is 13.4. The molecular weight excluding hydrogens is 410 g/mol. The van der Waals surface area contributed by atoms with Crippen LogP contribution in [-0.2, 0) is 16.0 Å². The van der Waals surface area contributed by atoms with Gasteiger partial charge in [0.2, 0.25) is 5.91 Å². The molecule has 5 heteroatoms. The summed E-state index contributed by atoms with van der Waals surface area (Å²) < 4.78 is 8.05. The predicted molar refractivity (Wildman–Crippen MR) is 134 cm³/mol. The SMILES string of the molecule is CO[C@H]1CCCC[C@H](NC(=O)[C@@H]2C[C@@H]3c4cccc5c4c(cn5C(C)C)C[C@H]3N(C)C2)CC1. The number of benzene rings is 1. The molecule has 1 saturated carbocycles. The van der Waals surface area contributed by atoms with Gasteiger partial charge in [-0.15, -0.1) is 0 Å². The Kier molecular flexibility index (Phi) is 6.54. The Hall–Kier alpha value is -1.85. The average Bonchev–Trinajstić information content (AvgIpc) is 3.16. The molecule has 0 unspecified atom stereocenters. The van der Waals surface area contributed by atoms with E-state index in [1.807, 2.05) is 7.11 Å². The van der Waals surface area contributed by atoms with E-state index in [-0.39, 0.29) is 11.8 Å². The van der Waals surface area contributed by atoms with Crippen molar-refractivity contribution in [2.75, 3.05) is 20.7 Å². The Bertz CT molecular complexity index is 996. The van der Waals surface area contributed by atoms with Gasteiger partial charge >= 0.3 is 0 Å². The van der Waals surface area contributed by atoms with Crippen LogP contribution < -0.4 is 5.32 Å². The van der Waals surface area contributed by atoms with Crippen molar-refractivity contribution in [1.29, 1.82) is 0 Å². The van der Waals surface area contributed by atoms with E-state index in [9.17, 15) is 4.79 Å². The van der Waals surface area contributed by atoms with Crippen LogP contribution >= 0.6 is 0 Å². The third-order valence-electron chi connectivity index (χ3n) is 8.65. The van der Waals surface area contributed by atoms with E-state index in [4.69, 9.17) is 4.74 Å². The van der Waals surface area contributed by atoms with Gasteiger partial charge in [0, 0.05) is 54.8 Å². The van der Waals surface area contributed by atoms with Gasteiger partial charge in [0.25, 0.3) is 0 Å². The summed E-state index contributed by atoms with van der Waals surface area (Å²) in [5, 5.41) is 4.91. The topological polar surface area (TPSA) is 46.5 Å². The molecule has 0 spiro atoms. The van der Waals surface area contributed by atoms with Crippen molar-refractivity contribution >= 4 is 16.8 Å². The number of methoxy groups -OCH3 is 1. The maximum Gasteiger partial charge on any atom is 0.224 e.